The number of amides is 1. The van der Waals surface area contributed by atoms with E-state index in [4.69, 9.17) is 5.21 Å². The number of aromatic nitrogens is 2. The van der Waals surface area contributed by atoms with E-state index < -0.39 is 5.91 Å². The Bertz CT molecular complexity index is 655. The zero-order chi connectivity index (χ0) is 15.6. The number of anilines is 1. The fourth-order valence-corrected chi connectivity index (χ4v) is 2.45. The third-order valence-corrected chi connectivity index (χ3v) is 3.34. The van der Waals surface area contributed by atoms with Crippen LogP contribution in [0.5, 0.6) is 0 Å². The number of rotatable bonds is 4. The fourth-order valence-electron chi connectivity index (χ4n) is 2.45. The Morgan fingerprint density at radius 1 is 1.38 bits per heavy atom. The molecule has 2 rings (SSSR count). The first-order chi connectivity index (χ1) is 9.88. The van der Waals surface area contributed by atoms with Crippen LogP contribution in [0.1, 0.15) is 39.1 Å². The first-order valence-electron chi connectivity index (χ1n) is 7.06. The third-order valence-electron chi connectivity index (χ3n) is 3.34. The first kappa shape index (κ1) is 15.3. The van der Waals surface area contributed by atoms with Gasteiger partial charge in [0.05, 0.1) is 12.2 Å². The number of carbonyl (C=O) groups is 1. The summed E-state index contributed by atoms with van der Waals surface area (Å²) in [6.45, 7) is 8.42. The van der Waals surface area contributed by atoms with Crippen molar-refractivity contribution in [3.05, 3.63) is 29.6 Å². The second-order valence-electron chi connectivity index (χ2n) is 6.01. The van der Waals surface area contributed by atoms with Crippen LogP contribution >= 0.6 is 0 Å². The van der Waals surface area contributed by atoms with Crippen LogP contribution in [0.15, 0.2) is 18.2 Å². The maximum Gasteiger partial charge on any atom is 0.262 e. The molecule has 3 N–H and O–H groups in total. The van der Waals surface area contributed by atoms with Gasteiger partial charge >= 0.3 is 0 Å². The molecule has 0 unspecified atom stereocenters. The van der Waals surface area contributed by atoms with Crippen molar-refractivity contribution in [2.75, 3.05) is 11.9 Å². The summed E-state index contributed by atoms with van der Waals surface area (Å²) < 4.78 is 2.14. The number of aryl methyl sites for hydroxylation is 1. The zero-order valence-electron chi connectivity index (χ0n) is 12.9. The summed E-state index contributed by atoms with van der Waals surface area (Å²) in [5.41, 5.74) is 4.53. The van der Waals surface area contributed by atoms with Gasteiger partial charge in [-0.3, -0.25) is 14.4 Å². The number of carbonyl (C=O) groups excluding carboxylic acids is 1. The van der Waals surface area contributed by atoms with Crippen molar-refractivity contribution in [3.63, 3.8) is 0 Å². The summed E-state index contributed by atoms with van der Waals surface area (Å²) in [6.07, 6.45) is 0.896. The summed E-state index contributed by atoms with van der Waals surface area (Å²) in [7, 11) is 0. The summed E-state index contributed by atoms with van der Waals surface area (Å²) >= 11 is 0. The molecule has 21 heavy (non-hydrogen) atoms. The molecule has 6 heteroatoms. The lowest BCUT2D eigenvalue weighted by Crippen LogP contribution is -2.28. The Morgan fingerprint density at radius 3 is 2.67 bits per heavy atom. The minimum Gasteiger partial charge on any atom is -0.359 e. The fraction of sp³-hybridized carbons (Fsp3) is 0.467. The molecule has 0 atom stereocenters. The van der Waals surface area contributed by atoms with Crippen LogP contribution in [0.3, 0.4) is 0 Å². The molecule has 0 aromatic carbocycles. The average molecular weight is 290 g/mol. The van der Waals surface area contributed by atoms with E-state index in [2.05, 4.69) is 48.5 Å². The van der Waals surface area contributed by atoms with E-state index in [0.29, 0.717) is 5.82 Å². The molecule has 114 valence electrons. The third kappa shape index (κ3) is 3.00. The summed E-state index contributed by atoms with van der Waals surface area (Å²) in [5, 5.41) is 11.6. The highest BCUT2D eigenvalue weighted by molar-refractivity contribution is 5.79. The number of nitrogens with one attached hydrogen (secondary N) is 2. The molecule has 2 heterocycles. The second-order valence-corrected chi connectivity index (χ2v) is 6.01. The molecule has 0 aliphatic heterocycles. The first-order valence-corrected chi connectivity index (χ1v) is 7.06. The van der Waals surface area contributed by atoms with E-state index in [0.717, 1.165) is 17.8 Å². The Labute approximate surface area is 124 Å². The van der Waals surface area contributed by atoms with Crippen molar-refractivity contribution < 1.29 is 10.0 Å². The van der Waals surface area contributed by atoms with Gasteiger partial charge in [-0.2, -0.15) is 0 Å². The molecular formula is C15H22N4O2. The van der Waals surface area contributed by atoms with Crippen molar-refractivity contribution in [2.24, 2.45) is 0 Å². The van der Waals surface area contributed by atoms with Crippen molar-refractivity contribution in [3.8, 4) is 0 Å². The molecule has 1 amide bonds. The van der Waals surface area contributed by atoms with Crippen molar-refractivity contribution >= 4 is 17.4 Å². The van der Waals surface area contributed by atoms with Gasteiger partial charge in [0.2, 0.25) is 0 Å². The molecule has 0 saturated carbocycles. The van der Waals surface area contributed by atoms with Gasteiger partial charge in [-0.25, -0.2) is 10.5 Å². The monoisotopic (exact) mass is 290 g/mol. The van der Waals surface area contributed by atoms with Crippen LogP contribution in [-0.4, -0.2) is 27.0 Å². The standard InChI is InChI=1S/C15H22N4O2/c1-5-10-7-6-8-11-17-14(16-9-12(20)18-21)13(19(10)11)15(2,3)4/h6-8,16,21H,5,9H2,1-4H3,(H,18,20). The van der Waals surface area contributed by atoms with Crippen molar-refractivity contribution in [1.82, 2.24) is 14.9 Å². The number of hydrogen-bond donors (Lipinski definition) is 3. The molecular weight excluding hydrogens is 268 g/mol. The summed E-state index contributed by atoms with van der Waals surface area (Å²) in [4.78, 5) is 15.8. The number of nitrogens with zero attached hydrogens (tertiary/aromatic N) is 2. The smallest absolute Gasteiger partial charge is 0.262 e. The molecule has 0 spiro atoms. The number of imidazole rings is 1. The van der Waals surface area contributed by atoms with E-state index in [1.54, 1.807) is 5.48 Å². The molecule has 0 aliphatic carbocycles. The average Bonchev–Trinajstić information content (AvgIpc) is 2.82. The van der Waals surface area contributed by atoms with Crippen LogP contribution in [0.4, 0.5) is 5.82 Å². The molecule has 0 saturated heterocycles. The van der Waals surface area contributed by atoms with Crippen LogP contribution < -0.4 is 10.8 Å². The Balaban J connectivity index is 2.57. The lowest BCUT2D eigenvalue weighted by Gasteiger charge is -2.21. The van der Waals surface area contributed by atoms with Gasteiger partial charge in [-0.1, -0.05) is 33.8 Å². The normalized spacial score (nSPS) is 11.7. The predicted octanol–water partition coefficient (Wildman–Crippen LogP) is 2.11. The highest BCUT2D eigenvalue weighted by Gasteiger charge is 2.25. The number of hydroxylamine groups is 1. The molecule has 0 aliphatic rings. The predicted molar refractivity (Wildman–Crippen MR) is 81.7 cm³/mol. The lowest BCUT2D eigenvalue weighted by molar-refractivity contribution is -0.127. The van der Waals surface area contributed by atoms with E-state index in [9.17, 15) is 4.79 Å². The maximum absolute atomic E-state index is 11.2. The van der Waals surface area contributed by atoms with E-state index in [1.807, 2.05) is 12.1 Å². The van der Waals surface area contributed by atoms with Gasteiger partial charge in [0, 0.05) is 11.1 Å². The van der Waals surface area contributed by atoms with Crippen LogP contribution in [0.25, 0.3) is 5.65 Å². The molecule has 0 radical (unpaired) electrons. The molecule has 0 fully saturated rings. The molecule has 2 aromatic heterocycles. The quantitative estimate of drug-likeness (QED) is 0.595. The van der Waals surface area contributed by atoms with Crippen molar-refractivity contribution in [1.29, 1.82) is 0 Å². The lowest BCUT2D eigenvalue weighted by atomic mass is 9.91. The van der Waals surface area contributed by atoms with E-state index in [1.165, 1.54) is 5.69 Å². The summed E-state index contributed by atoms with van der Waals surface area (Å²) in [5.74, 6) is 0.176. The SMILES string of the molecule is CCc1cccc2nc(NCC(=O)NO)c(C(C)(C)C)n12. The van der Waals surface area contributed by atoms with Gasteiger partial charge in [0.15, 0.2) is 0 Å². The van der Waals surface area contributed by atoms with Gasteiger partial charge in [0.1, 0.15) is 11.5 Å². The van der Waals surface area contributed by atoms with Crippen LogP contribution in [0.2, 0.25) is 0 Å². The maximum atomic E-state index is 11.2. The Hall–Kier alpha value is -2.08. The number of hydrogen-bond acceptors (Lipinski definition) is 4. The summed E-state index contributed by atoms with van der Waals surface area (Å²) in [6, 6.07) is 6.01. The largest absolute Gasteiger partial charge is 0.359 e. The molecule has 2 aromatic rings. The van der Waals surface area contributed by atoms with Gasteiger partial charge < -0.3 is 5.32 Å². The zero-order valence-corrected chi connectivity index (χ0v) is 12.9. The topological polar surface area (TPSA) is 78.7 Å². The van der Waals surface area contributed by atoms with Crippen LogP contribution in [0, 0.1) is 0 Å². The Kier molecular flexibility index (Phi) is 4.18. The van der Waals surface area contributed by atoms with E-state index in [-0.39, 0.29) is 12.0 Å². The highest BCUT2D eigenvalue weighted by atomic mass is 16.5. The van der Waals surface area contributed by atoms with Crippen molar-refractivity contribution in [2.45, 2.75) is 39.5 Å². The van der Waals surface area contributed by atoms with Gasteiger partial charge in [-0.15, -0.1) is 0 Å². The van der Waals surface area contributed by atoms with Gasteiger partial charge in [-0.05, 0) is 18.6 Å². The Morgan fingerprint density at radius 2 is 2.10 bits per heavy atom. The van der Waals surface area contributed by atoms with E-state index >= 15 is 0 Å². The number of pyridine rings is 1. The molecule has 0 bridgehead atoms. The highest BCUT2D eigenvalue weighted by Crippen LogP contribution is 2.31. The van der Waals surface area contributed by atoms with Crippen LogP contribution in [-0.2, 0) is 16.6 Å². The minimum absolute atomic E-state index is 0.0229. The second kappa shape index (κ2) is 5.73. The minimum atomic E-state index is -0.498. The number of fused-ring (bicyclic) bond motifs is 1. The van der Waals surface area contributed by atoms with Gasteiger partial charge in [0.25, 0.3) is 5.91 Å². The molecule has 6 nitrogen and oxygen atoms in total.